The van der Waals surface area contributed by atoms with Gasteiger partial charge in [0.25, 0.3) is 0 Å². The number of nitriles is 1. The van der Waals surface area contributed by atoms with E-state index in [9.17, 15) is 0 Å². The van der Waals surface area contributed by atoms with Crippen molar-refractivity contribution in [3.05, 3.63) is 35.5 Å². The van der Waals surface area contributed by atoms with E-state index in [1.807, 2.05) is 23.6 Å². The molecule has 0 bridgehead atoms. The lowest BCUT2D eigenvalue weighted by atomic mass is 10.1. The van der Waals surface area contributed by atoms with Gasteiger partial charge in [-0.1, -0.05) is 6.07 Å². The molecule has 2 aromatic rings. The Morgan fingerprint density at radius 2 is 2.25 bits per heavy atom. The van der Waals surface area contributed by atoms with Gasteiger partial charge in [-0.3, -0.25) is 4.98 Å². The minimum Gasteiger partial charge on any atom is -0.254 e. The summed E-state index contributed by atoms with van der Waals surface area (Å²) in [5.41, 5.74) is 1.51. The Hall–Kier alpha value is -1.73. The summed E-state index contributed by atoms with van der Waals surface area (Å²) in [5, 5.41) is 12.0. The van der Waals surface area contributed by atoms with Crippen molar-refractivity contribution in [2.45, 2.75) is 18.3 Å². The summed E-state index contributed by atoms with van der Waals surface area (Å²) in [6, 6.07) is 8.13. The quantitative estimate of drug-likeness (QED) is 0.792. The Morgan fingerprint density at radius 3 is 2.88 bits per heavy atom. The molecule has 0 aliphatic heterocycles. The van der Waals surface area contributed by atoms with Crippen molar-refractivity contribution in [3.8, 4) is 16.8 Å². The summed E-state index contributed by atoms with van der Waals surface area (Å²) in [6.07, 6.45) is 3.64. The molecule has 0 atom stereocenters. The fraction of sp³-hybridized carbons (Fsp3) is 0.250. The zero-order valence-electron chi connectivity index (χ0n) is 8.55. The minimum atomic E-state index is -0.288. The molecule has 78 valence electrons. The fourth-order valence-electron chi connectivity index (χ4n) is 1.65. The number of pyridine rings is 1. The van der Waals surface area contributed by atoms with Gasteiger partial charge >= 0.3 is 0 Å². The highest BCUT2D eigenvalue weighted by molar-refractivity contribution is 7.13. The van der Waals surface area contributed by atoms with Gasteiger partial charge in [0.05, 0.1) is 17.5 Å². The molecule has 1 aliphatic carbocycles. The van der Waals surface area contributed by atoms with E-state index in [4.69, 9.17) is 5.26 Å². The second-order valence-electron chi connectivity index (χ2n) is 3.95. The minimum absolute atomic E-state index is 0.288. The summed E-state index contributed by atoms with van der Waals surface area (Å²) < 4.78 is 0. The summed E-state index contributed by atoms with van der Waals surface area (Å²) >= 11 is 1.56. The molecule has 4 heteroatoms. The number of hydrogen-bond donors (Lipinski definition) is 0. The van der Waals surface area contributed by atoms with Gasteiger partial charge in [0.15, 0.2) is 0 Å². The van der Waals surface area contributed by atoms with Gasteiger partial charge in [-0.15, -0.1) is 11.3 Å². The predicted molar refractivity (Wildman–Crippen MR) is 61.9 cm³/mol. The van der Waals surface area contributed by atoms with Crippen LogP contribution in [0.3, 0.4) is 0 Å². The molecule has 0 aromatic carbocycles. The predicted octanol–water partition coefficient (Wildman–Crippen LogP) is 2.76. The van der Waals surface area contributed by atoms with E-state index >= 15 is 0 Å². The van der Waals surface area contributed by atoms with Crippen molar-refractivity contribution in [1.29, 1.82) is 5.26 Å². The third-order valence-electron chi connectivity index (χ3n) is 2.84. The highest BCUT2D eigenvalue weighted by Crippen LogP contribution is 2.48. The second-order valence-corrected chi connectivity index (χ2v) is 4.80. The molecular formula is C12H9N3S. The number of aromatic nitrogens is 2. The largest absolute Gasteiger partial charge is 0.254 e. The zero-order valence-corrected chi connectivity index (χ0v) is 9.37. The first-order valence-corrected chi connectivity index (χ1v) is 6.01. The van der Waals surface area contributed by atoms with Crippen LogP contribution in [0.25, 0.3) is 10.7 Å². The molecular weight excluding hydrogens is 218 g/mol. The van der Waals surface area contributed by atoms with Crippen LogP contribution in [0.4, 0.5) is 0 Å². The molecule has 0 saturated heterocycles. The number of hydrogen-bond acceptors (Lipinski definition) is 4. The van der Waals surface area contributed by atoms with Gasteiger partial charge in [0, 0.05) is 11.6 Å². The van der Waals surface area contributed by atoms with Gasteiger partial charge in [0.1, 0.15) is 10.4 Å². The lowest BCUT2D eigenvalue weighted by molar-refractivity contribution is 0.868. The fourth-order valence-corrected chi connectivity index (χ4v) is 2.54. The molecule has 0 radical (unpaired) electrons. The topological polar surface area (TPSA) is 49.6 Å². The zero-order chi connectivity index (χ0) is 11.0. The lowest BCUT2D eigenvalue weighted by Crippen LogP contribution is -2.02. The summed E-state index contributed by atoms with van der Waals surface area (Å²) in [6.45, 7) is 0. The average Bonchev–Trinajstić information content (AvgIpc) is 3.00. The van der Waals surface area contributed by atoms with Crippen LogP contribution < -0.4 is 0 Å². The Bertz CT molecular complexity index is 549. The molecule has 1 saturated carbocycles. The summed E-state index contributed by atoms with van der Waals surface area (Å²) in [5.74, 6) is 0. The van der Waals surface area contributed by atoms with Crippen LogP contribution in [0.2, 0.25) is 0 Å². The first kappa shape index (κ1) is 9.49. The van der Waals surface area contributed by atoms with Crippen molar-refractivity contribution < 1.29 is 0 Å². The van der Waals surface area contributed by atoms with Gasteiger partial charge in [-0.25, -0.2) is 4.98 Å². The van der Waals surface area contributed by atoms with Crippen LogP contribution in [0, 0.1) is 11.3 Å². The Balaban J connectivity index is 1.98. The first-order chi connectivity index (χ1) is 7.84. The van der Waals surface area contributed by atoms with Gasteiger partial charge in [-0.2, -0.15) is 5.26 Å². The highest BCUT2D eigenvalue weighted by Gasteiger charge is 2.47. The van der Waals surface area contributed by atoms with E-state index < -0.39 is 0 Å². The van der Waals surface area contributed by atoms with E-state index in [1.165, 1.54) is 0 Å². The Labute approximate surface area is 97.4 Å². The van der Waals surface area contributed by atoms with Crippen molar-refractivity contribution in [2.24, 2.45) is 0 Å². The average molecular weight is 227 g/mol. The molecule has 0 unspecified atom stereocenters. The maximum atomic E-state index is 9.09. The number of thiazole rings is 1. The molecule has 2 heterocycles. The van der Waals surface area contributed by atoms with Crippen LogP contribution in [0.15, 0.2) is 29.8 Å². The maximum Gasteiger partial charge on any atom is 0.142 e. The van der Waals surface area contributed by atoms with Gasteiger partial charge in [-0.05, 0) is 25.0 Å². The van der Waals surface area contributed by atoms with Crippen LogP contribution in [0.1, 0.15) is 18.5 Å². The molecule has 16 heavy (non-hydrogen) atoms. The lowest BCUT2D eigenvalue weighted by Gasteiger charge is -1.98. The van der Waals surface area contributed by atoms with Crippen LogP contribution >= 0.6 is 11.3 Å². The molecule has 1 fully saturated rings. The molecule has 3 nitrogen and oxygen atoms in total. The molecule has 3 rings (SSSR count). The van der Waals surface area contributed by atoms with Gasteiger partial charge in [0.2, 0.25) is 0 Å². The van der Waals surface area contributed by atoms with Crippen LogP contribution in [-0.2, 0) is 5.41 Å². The van der Waals surface area contributed by atoms with Gasteiger partial charge < -0.3 is 0 Å². The van der Waals surface area contributed by atoms with E-state index in [-0.39, 0.29) is 5.41 Å². The highest BCUT2D eigenvalue weighted by atomic mass is 32.1. The third kappa shape index (κ3) is 1.41. The Kier molecular flexibility index (Phi) is 2.01. The third-order valence-corrected chi connectivity index (χ3v) is 3.71. The van der Waals surface area contributed by atoms with E-state index in [0.717, 1.165) is 29.2 Å². The number of nitrogens with zero attached hydrogens (tertiary/aromatic N) is 3. The van der Waals surface area contributed by atoms with Crippen molar-refractivity contribution in [1.82, 2.24) is 9.97 Å². The van der Waals surface area contributed by atoms with Crippen LogP contribution in [0.5, 0.6) is 0 Å². The van der Waals surface area contributed by atoms with Crippen molar-refractivity contribution in [3.63, 3.8) is 0 Å². The number of rotatable bonds is 2. The normalized spacial score (nSPS) is 16.7. The summed E-state index contributed by atoms with van der Waals surface area (Å²) in [4.78, 5) is 8.77. The molecule has 0 amide bonds. The SMILES string of the molecule is N#CC1(c2csc(-c3ccccn3)n2)CC1. The smallest absolute Gasteiger partial charge is 0.142 e. The summed E-state index contributed by atoms with van der Waals surface area (Å²) in [7, 11) is 0. The van der Waals surface area contributed by atoms with E-state index in [1.54, 1.807) is 17.5 Å². The molecule has 2 aromatic heterocycles. The Morgan fingerprint density at radius 1 is 1.38 bits per heavy atom. The first-order valence-electron chi connectivity index (χ1n) is 5.13. The van der Waals surface area contributed by atoms with Crippen LogP contribution in [-0.4, -0.2) is 9.97 Å². The van der Waals surface area contributed by atoms with E-state index in [2.05, 4.69) is 16.0 Å². The monoisotopic (exact) mass is 227 g/mol. The maximum absolute atomic E-state index is 9.09. The van der Waals surface area contributed by atoms with Crippen molar-refractivity contribution >= 4 is 11.3 Å². The van der Waals surface area contributed by atoms with E-state index in [0.29, 0.717) is 0 Å². The second kappa shape index (κ2) is 3.39. The molecule has 0 spiro atoms. The molecule has 1 aliphatic rings. The molecule has 0 N–H and O–H groups in total. The van der Waals surface area contributed by atoms with Crippen molar-refractivity contribution in [2.75, 3.05) is 0 Å². The standard InChI is InChI=1S/C12H9N3S/c13-8-12(4-5-12)10-7-16-11(15-10)9-3-1-2-6-14-9/h1-3,6-7H,4-5H2.